The first kappa shape index (κ1) is 23.1. The minimum atomic E-state index is 0.497. The van der Waals surface area contributed by atoms with Crippen molar-refractivity contribution in [2.75, 3.05) is 39.5 Å². The van der Waals surface area contributed by atoms with Crippen molar-refractivity contribution in [3.8, 4) is 28.5 Å². The fourth-order valence-electron chi connectivity index (χ4n) is 4.19. The summed E-state index contributed by atoms with van der Waals surface area (Å²) >= 11 is 0. The average Bonchev–Trinajstić information content (AvgIpc) is 3.55. The number of ether oxygens (including phenoxy) is 2. The molecular formula is C25H26N10O2. The van der Waals surface area contributed by atoms with E-state index < -0.39 is 0 Å². The normalized spacial score (nSPS) is 14.3. The summed E-state index contributed by atoms with van der Waals surface area (Å²) < 4.78 is 14.7. The van der Waals surface area contributed by atoms with Crippen molar-refractivity contribution in [3.63, 3.8) is 0 Å². The summed E-state index contributed by atoms with van der Waals surface area (Å²) in [5.74, 6) is 1.87. The van der Waals surface area contributed by atoms with Gasteiger partial charge in [-0.25, -0.2) is 24.6 Å². The molecule has 0 saturated carbocycles. The Morgan fingerprint density at radius 1 is 0.973 bits per heavy atom. The van der Waals surface area contributed by atoms with Crippen LogP contribution in [0.15, 0.2) is 55.2 Å². The van der Waals surface area contributed by atoms with Crippen LogP contribution in [-0.4, -0.2) is 89.1 Å². The lowest BCUT2D eigenvalue weighted by Gasteiger charge is -2.26. The molecule has 188 valence electrons. The molecule has 1 saturated heterocycles. The second kappa shape index (κ2) is 10.4. The predicted molar refractivity (Wildman–Crippen MR) is 135 cm³/mol. The summed E-state index contributed by atoms with van der Waals surface area (Å²) in [5, 5.41) is 12.7. The van der Waals surface area contributed by atoms with Crippen LogP contribution in [0.4, 0.5) is 0 Å². The minimum Gasteiger partial charge on any atom is -0.489 e. The van der Waals surface area contributed by atoms with Crippen LogP contribution in [0.3, 0.4) is 0 Å². The third kappa shape index (κ3) is 5.29. The molecule has 1 fully saturated rings. The molecule has 0 spiro atoms. The monoisotopic (exact) mass is 498 g/mol. The van der Waals surface area contributed by atoms with Crippen molar-refractivity contribution in [3.05, 3.63) is 60.8 Å². The Bertz CT molecular complexity index is 1490. The van der Waals surface area contributed by atoms with Crippen LogP contribution in [0.5, 0.6) is 5.75 Å². The maximum atomic E-state index is 5.83. The molecule has 0 atom stereocenters. The fourth-order valence-corrected chi connectivity index (χ4v) is 4.19. The smallest absolute Gasteiger partial charge is 0.182 e. The Hall–Kier alpha value is -4.29. The van der Waals surface area contributed by atoms with Gasteiger partial charge in [0.05, 0.1) is 50.1 Å². The number of benzene rings is 1. The largest absolute Gasteiger partial charge is 0.489 e. The molecule has 0 N–H and O–H groups in total. The van der Waals surface area contributed by atoms with Gasteiger partial charge in [-0.1, -0.05) is 23.4 Å². The molecular weight excluding hydrogens is 472 g/mol. The quantitative estimate of drug-likeness (QED) is 0.313. The maximum Gasteiger partial charge on any atom is 0.182 e. The first-order valence-corrected chi connectivity index (χ1v) is 12.1. The molecule has 5 heterocycles. The van der Waals surface area contributed by atoms with E-state index in [-0.39, 0.29) is 0 Å². The SMILES string of the molecule is Cn1cc(-c2ncc3nnn(Cc4cccc(-c5ncc(OCCN6CCOCC6)cn5)c4)c3n2)cn1. The Morgan fingerprint density at radius 2 is 1.81 bits per heavy atom. The third-order valence-electron chi connectivity index (χ3n) is 6.14. The van der Waals surface area contributed by atoms with Crippen LogP contribution in [0, 0.1) is 0 Å². The van der Waals surface area contributed by atoms with Gasteiger partial charge < -0.3 is 9.47 Å². The second-order valence-electron chi connectivity index (χ2n) is 8.80. The predicted octanol–water partition coefficient (Wildman–Crippen LogP) is 1.84. The number of rotatable bonds is 8. The molecule has 0 aliphatic carbocycles. The first-order valence-electron chi connectivity index (χ1n) is 12.1. The summed E-state index contributed by atoms with van der Waals surface area (Å²) in [6, 6.07) is 8.05. The lowest BCUT2D eigenvalue weighted by atomic mass is 10.1. The van der Waals surface area contributed by atoms with E-state index in [9.17, 15) is 0 Å². The van der Waals surface area contributed by atoms with Gasteiger partial charge in [-0.3, -0.25) is 9.58 Å². The number of aromatic nitrogens is 9. The van der Waals surface area contributed by atoms with E-state index in [1.54, 1.807) is 34.2 Å². The topological polar surface area (TPSA) is 122 Å². The highest BCUT2D eigenvalue weighted by Gasteiger charge is 2.13. The number of nitrogens with zero attached hydrogens (tertiary/aromatic N) is 10. The number of aryl methyl sites for hydroxylation is 1. The van der Waals surface area contributed by atoms with E-state index >= 15 is 0 Å². The van der Waals surface area contributed by atoms with Crippen LogP contribution < -0.4 is 4.74 Å². The van der Waals surface area contributed by atoms with E-state index in [4.69, 9.17) is 9.47 Å². The van der Waals surface area contributed by atoms with Gasteiger partial charge >= 0.3 is 0 Å². The number of morpholine rings is 1. The molecule has 0 unspecified atom stereocenters. The van der Waals surface area contributed by atoms with Gasteiger partial charge in [0.15, 0.2) is 28.6 Å². The molecule has 0 bridgehead atoms. The molecule has 1 aliphatic heterocycles. The lowest BCUT2D eigenvalue weighted by molar-refractivity contribution is 0.0322. The standard InChI is InChI=1S/C25H26N10O2/c1-33-17-20(12-29-33)24-28-15-22-25(30-24)35(32-31-22)16-18-3-2-4-19(11-18)23-26-13-21(14-27-23)37-10-7-34-5-8-36-9-6-34/h2-4,11-15,17H,5-10,16H2,1H3. The summed E-state index contributed by atoms with van der Waals surface area (Å²) in [5.41, 5.74) is 4.07. The van der Waals surface area contributed by atoms with Gasteiger partial charge in [0.25, 0.3) is 0 Å². The van der Waals surface area contributed by atoms with Gasteiger partial charge in [0.2, 0.25) is 0 Å². The number of hydrogen-bond donors (Lipinski definition) is 0. The molecule has 12 heteroatoms. The van der Waals surface area contributed by atoms with Crippen molar-refractivity contribution in [1.29, 1.82) is 0 Å². The summed E-state index contributed by atoms with van der Waals surface area (Å²) in [4.78, 5) is 20.4. The summed E-state index contributed by atoms with van der Waals surface area (Å²) in [7, 11) is 1.86. The van der Waals surface area contributed by atoms with Crippen molar-refractivity contribution < 1.29 is 9.47 Å². The molecule has 1 aliphatic rings. The average molecular weight is 499 g/mol. The van der Waals surface area contributed by atoms with Crippen molar-refractivity contribution in [2.45, 2.75) is 6.54 Å². The Labute approximate surface area is 212 Å². The molecule has 0 radical (unpaired) electrons. The van der Waals surface area contributed by atoms with Crippen molar-refractivity contribution in [2.24, 2.45) is 7.05 Å². The molecule has 6 rings (SSSR count). The van der Waals surface area contributed by atoms with Crippen LogP contribution in [0.1, 0.15) is 5.56 Å². The van der Waals surface area contributed by atoms with Crippen molar-refractivity contribution in [1.82, 2.24) is 49.6 Å². The molecule has 37 heavy (non-hydrogen) atoms. The lowest BCUT2D eigenvalue weighted by Crippen LogP contribution is -2.38. The van der Waals surface area contributed by atoms with Crippen molar-refractivity contribution >= 4 is 11.2 Å². The highest BCUT2D eigenvalue weighted by molar-refractivity contribution is 5.71. The van der Waals surface area contributed by atoms with Crippen LogP contribution in [0.25, 0.3) is 33.9 Å². The van der Waals surface area contributed by atoms with Gasteiger partial charge in [-0.15, -0.1) is 5.10 Å². The van der Waals surface area contributed by atoms with Crippen LogP contribution in [0.2, 0.25) is 0 Å². The van der Waals surface area contributed by atoms with Crippen LogP contribution >= 0.6 is 0 Å². The van der Waals surface area contributed by atoms with E-state index in [1.165, 1.54) is 0 Å². The zero-order valence-corrected chi connectivity index (χ0v) is 20.4. The Balaban J connectivity index is 1.14. The first-order chi connectivity index (χ1) is 18.2. The van der Waals surface area contributed by atoms with E-state index in [1.807, 2.05) is 37.5 Å². The zero-order valence-electron chi connectivity index (χ0n) is 20.4. The van der Waals surface area contributed by atoms with E-state index in [0.717, 1.165) is 49.5 Å². The Morgan fingerprint density at radius 3 is 2.62 bits per heavy atom. The molecule has 5 aromatic rings. The van der Waals surface area contributed by atoms with Gasteiger partial charge in [0.1, 0.15) is 6.61 Å². The molecule has 12 nitrogen and oxygen atoms in total. The van der Waals surface area contributed by atoms with Gasteiger partial charge in [-0.2, -0.15) is 5.10 Å². The van der Waals surface area contributed by atoms with Crippen LogP contribution in [-0.2, 0) is 18.3 Å². The van der Waals surface area contributed by atoms with E-state index in [2.05, 4.69) is 40.2 Å². The Kier molecular flexibility index (Phi) is 6.48. The summed E-state index contributed by atoms with van der Waals surface area (Å²) in [6.45, 7) is 5.40. The van der Waals surface area contributed by atoms with Gasteiger partial charge in [-0.05, 0) is 11.6 Å². The number of hydrogen-bond acceptors (Lipinski definition) is 10. The molecule has 4 aromatic heterocycles. The summed E-state index contributed by atoms with van der Waals surface area (Å²) in [6.07, 6.45) is 8.73. The fraction of sp³-hybridized carbons (Fsp3) is 0.320. The highest BCUT2D eigenvalue weighted by Crippen LogP contribution is 2.20. The maximum absolute atomic E-state index is 5.83. The highest BCUT2D eigenvalue weighted by atomic mass is 16.5. The van der Waals surface area contributed by atoms with Gasteiger partial charge in [0, 0.05) is 38.4 Å². The molecule has 0 amide bonds. The minimum absolute atomic E-state index is 0.497. The second-order valence-corrected chi connectivity index (χ2v) is 8.80. The third-order valence-corrected chi connectivity index (χ3v) is 6.14. The number of fused-ring (bicyclic) bond motifs is 1. The zero-order chi connectivity index (χ0) is 25.0. The molecule has 1 aromatic carbocycles. The van der Waals surface area contributed by atoms with E-state index in [0.29, 0.717) is 41.7 Å².